The maximum Gasteiger partial charge on any atom is 0.229 e. The molecule has 8 heteroatoms. The molecule has 0 aromatic carbocycles. The summed E-state index contributed by atoms with van der Waals surface area (Å²) in [6.07, 6.45) is 0. The fourth-order valence-electron chi connectivity index (χ4n) is 1.95. The van der Waals surface area contributed by atoms with Crippen LogP contribution in [0, 0.1) is 20.2 Å². The van der Waals surface area contributed by atoms with E-state index in [4.69, 9.17) is 0 Å². The summed E-state index contributed by atoms with van der Waals surface area (Å²) >= 11 is 0. The monoisotopic (exact) mass is 276 g/mol. The first-order valence-corrected chi connectivity index (χ1v) is 6.04. The van der Waals surface area contributed by atoms with Gasteiger partial charge in [-0.25, -0.2) is 0 Å². The van der Waals surface area contributed by atoms with Gasteiger partial charge in [-0.05, 0) is 14.1 Å². The molecule has 0 aliphatic carbocycles. The van der Waals surface area contributed by atoms with E-state index < -0.39 is 11.1 Å². The summed E-state index contributed by atoms with van der Waals surface area (Å²) in [7, 11) is 3.53. The van der Waals surface area contributed by atoms with E-state index in [1.54, 1.807) is 51.6 Å². The lowest BCUT2D eigenvalue weighted by atomic mass is 10.1. The second-order valence-corrected chi connectivity index (χ2v) is 6.31. The first-order chi connectivity index (χ1) is 8.38. The molecule has 0 aliphatic heterocycles. The SMILES string of the molecule is CN(CN(C)CC(C)(C)[N+](=O)[O-])CC(C)(C)[N+](=O)[O-]. The minimum absolute atomic E-state index is 0.281. The van der Waals surface area contributed by atoms with E-state index in [1.807, 2.05) is 0 Å². The Balaban J connectivity index is 4.39. The average Bonchev–Trinajstić information content (AvgIpc) is 2.13. The second-order valence-electron chi connectivity index (χ2n) is 6.31. The summed E-state index contributed by atoms with van der Waals surface area (Å²) in [5.41, 5.74) is -2.07. The Hall–Kier alpha value is -1.28. The number of nitrogens with zero attached hydrogens (tertiary/aromatic N) is 4. The molecule has 0 radical (unpaired) electrons. The fraction of sp³-hybridized carbons (Fsp3) is 1.00. The van der Waals surface area contributed by atoms with E-state index >= 15 is 0 Å². The number of rotatable bonds is 8. The van der Waals surface area contributed by atoms with Crippen LogP contribution in [0.5, 0.6) is 0 Å². The summed E-state index contributed by atoms with van der Waals surface area (Å²) < 4.78 is 0. The Bertz CT molecular complexity index is 312. The van der Waals surface area contributed by atoms with Gasteiger partial charge in [-0.1, -0.05) is 0 Å². The molecule has 0 N–H and O–H groups in total. The van der Waals surface area contributed by atoms with Crippen LogP contribution in [0.15, 0.2) is 0 Å². The Morgan fingerprint density at radius 3 is 1.32 bits per heavy atom. The molecule has 8 nitrogen and oxygen atoms in total. The minimum atomic E-state index is -1.03. The molecule has 0 atom stereocenters. The van der Waals surface area contributed by atoms with Crippen LogP contribution in [0.3, 0.4) is 0 Å². The van der Waals surface area contributed by atoms with Crippen LogP contribution in [0.25, 0.3) is 0 Å². The van der Waals surface area contributed by atoms with Crippen molar-refractivity contribution in [3.8, 4) is 0 Å². The number of hydrogen-bond acceptors (Lipinski definition) is 6. The third-order valence-electron chi connectivity index (χ3n) is 2.79. The van der Waals surface area contributed by atoms with Crippen LogP contribution in [-0.2, 0) is 0 Å². The number of nitro groups is 2. The third-order valence-corrected chi connectivity index (χ3v) is 2.79. The molecule has 0 unspecified atom stereocenters. The molecule has 19 heavy (non-hydrogen) atoms. The van der Waals surface area contributed by atoms with Crippen LogP contribution in [0.1, 0.15) is 27.7 Å². The Morgan fingerprint density at radius 2 is 1.11 bits per heavy atom. The van der Waals surface area contributed by atoms with E-state index in [1.165, 1.54) is 0 Å². The van der Waals surface area contributed by atoms with Crippen molar-refractivity contribution in [3.05, 3.63) is 20.2 Å². The van der Waals surface area contributed by atoms with E-state index in [0.717, 1.165) is 0 Å². The van der Waals surface area contributed by atoms with Crippen LogP contribution < -0.4 is 0 Å². The van der Waals surface area contributed by atoms with Gasteiger partial charge in [0.05, 0.1) is 19.8 Å². The smallest absolute Gasteiger partial charge is 0.229 e. The van der Waals surface area contributed by atoms with Gasteiger partial charge in [0.1, 0.15) is 0 Å². The lowest BCUT2D eigenvalue weighted by Crippen LogP contribution is -2.49. The number of likely N-dealkylation sites (N-methyl/N-ethyl adjacent to an activating group) is 2. The normalized spacial score (nSPS) is 13.1. The molecule has 0 bridgehead atoms. The summed E-state index contributed by atoms with van der Waals surface area (Å²) in [4.78, 5) is 24.6. The predicted octanol–water partition coefficient (Wildman–Crippen LogP) is 0.918. The van der Waals surface area contributed by atoms with E-state index in [-0.39, 0.29) is 22.9 Å². The van der Waals surface area contributed by atoms with Crippen molar-refractivity contribution >= 4 is 0 Å². The topological polar surface area (TPSA) is 92.8 Å². The highest BCUT2D eigenvalue weighted by atomic mass is 16.6. The molecule has 0 saturated heterocycles. The van der Waals surface area contributed by atoms with Crippen LogP contribution >= 0.6 is 0 Å². The predicted molar refractivity (Wildman–Crippen MR) is 72.3 cm³/mol. The maximum atomic E-state index is 10.8. The summed E-state index contributed by atoms with van der Waals surface area (Å²) in [5, 5.41) is 21.7. The molecule has 112 valence electrons. The van der Waals surface area contributed by atoms with Crippen molar-refractivity contribution in [1.82, 2.24) is 9.80 Å². The van der Waals surface area contributed by atoms with Gasteiger partial charge in [-0.2, -0.15) is 0 Å². The van der Waals surface area contributed by atoms with E-state index in [0.29, 0.717) is 6.67 Å². The van der Waals surface area contributed by atoms with Crippen molar-refractivity contribution in [2.75, 3.05) is 33.9 Å². The maximum absolute atomic E-state index is 10.8. The van der Waals surface area contributed by atoms with E-state index in [2.05, 4.69) is 0 Å². The molecule has 0 aromatic heterocycles. The lowest BCUT2D eigenvalue weighted by Gasteiger charge is -2.29. The summed E-state index contributed by atoms with van der Waals surface area (Å²) in [6, 6.07) is 0. The highest BCUT2D eigenvalue weighted by Gasteiger charge is 2.34. The largest absolute Gasteiger partial charge is 0.287 e. The molecule has 0 spiro atoms. The van der Waals surface area contributed by atoms with Crippen molar-refractivity contribution in [3.63, 3.8) is 0 Å². The quantitative estimate of drug-likeness (QED) is 0.372. The van der Waals surface area contributed by atoms with Gasteiger partial charge < -0.3 is 0 Å². The molecule has 0 aliphatic rings. The molecular weight excluding hydrogens is 252 g/mol. The molecule has 0 aromatic rings. The molecule has 0 saturated carbocycles. The van der Waals surface area contributed by atoms with Crippen molar-refractivity contribution < 1.29 is 9.85 Å². The van der Waals surface area contributed by atoms with Gasteiger partial charge in [-0.15, -0.1) is 0 Å². The van der Waals surface area contributed by atoms with Crippen LogP contribution in [0.4, 0.5) is 0 Å². The Kier molecular flexibility index (Phi) is 5.83. The molecule has 0 rings (SSSR count). The van der Waals surface area contributed by atoms with Crippen LogP contribution in [0.2, 0.25) is 0 Å². The zero-order valence-corrected chi connectivity index (χ0v) is 12.5. The molecular formula is C11H24N4O4. The van der Waals surface area contributed by atoms with Gasteiger partial charge >= 0.3 is 0 Å². The zero-order chi connectivity index (χ0) is 15.4. The Labute approximate surface area is 113 Å². The standard InChI is InChI=1S/C11H24N4O4/c1-10(2,14(16)17)7-12(5)9-13(6)8-11(3,4)15(18)19/h7-9H2,1-6H3. The lowest BCUT2D eigenvalue weighted by molar-refractivity contribution is -0.562. The first-order valence-electron chi connectivity index (χ1n) is 6.04. The van der Waals surface area contributed by atoms with Crippen molar-refractivity contribution in [2.45, 2.75) is 38.8 Å². The molecule has 0 amide bonds. The van der Waals surface area contributed by atoms with Gasteiger partial charge in [0.2, 0.25) is 11.1 Å². The van der Waals surface area contributed by atoms with Gasteiger partial charge in [-0.3, -0.25) is 30.0 Å². The van der Waals surface area contributed by atoms with Crippen molar-refractivity contribution in [2.24, 2.45) is 0 Å². The van der Waals surface area contributed by atoms with Crippen molar-refractivity contribution in [1.29, 1.82) is 0 Å². The summed E-state index contributed by atoms with van der Waals surface area (Å²) in [6.45, 7) is 7.24. The summed E-state index contributed by atoms with van der Waals surface area (Å²) in [5.74, 6) is 0. The van der Waals surface area contributed by atoms with Gasteiger partial charge in [0.15, 0.2) is 0 Å². The molecule has 0 heterocycles. The van der Waals surface area contributed by atoms with E-state index in [9.17, 15) is 20.2 Å². The third kappa shape index (κ3) is 5.93. The second kappa shape index (κ2) is 6.25. The van der Waals surface area contributed by atoms with Crippen LogP contribution in [-0.4, -0.2) is 64.6 Å². The van der Waals surface area contributed by atoms with Gasteiger partial charge in [0, 0.05) is 37.5 Å². The molecule has 0 fully saturated rings. The highest BCUT2D eigenvalue weighted by Crippen LogP contribution is 2.12. The highest BCUT2D eigenvalue weighted by molar-refractivity contribution is 4.74. The minimum Gasteiger partial charge on any atom is -0.287 e. The Morgan fingerprint density at radius 1 is 0.842 bits per heavy atom. The average molecular weight is 276 g/mol. The number of hydrogen-bond donors (Lipinski definition) is 0. The first kappa shape index (κ1) is 17.7. The zero-order valence-electron chi connectivity index (χ0n) is 12.5. The van der Waals surface area contributed by atoms with Gasteiger partial charge in [0.25, 0.3) is 0 Å². The fourth-order valence-corrected chi connectivity index (χ4v) is 1.95.